The van der Waals surface area contributed by atoms with Crippen LogP contribution in [0, 0.1) is 5.41 Å². The molecule has 0 amide bonds. The Bertz CT molecular complexity index is 426. The van der Waals surface area contributed by atoms with Crippen LogP contribution < -0.4 is 0 Å². The van der Waals surface area contributed by atoms with Gasteiger partial charge in [-0.25, -0.2) is 0 Å². The van der Waals surface area contributed by atoms with Crippen LogP contribution in [0.4, 0.5) is 13.2 Å². The molecular weight excluding hydrogens is 291 g/mol. The van der Waals surface area contributed by atoms with E-state index in [4.69, 9.17) is 4.74 Å². The molecule has 2 nitrogen and oxygen atoms in total. The summed E-state index contributed by atoms with van der Waals surface area (Å²) in [5, 5.41) is 0. The minimum Gasteiger partial charge on any atom is -0.492 e. The van der Waals surface area contributed by atoms with Gasteiger partial charge in [0.05, 0.1) is 5.57 Å². The second-order valence-electron chi connectivity index (χ2n) is 6.32. The number of rotatable bonds is 6. The fourth-order valence-electron chi connectivity index (χ4n) is 2.42. The highest BCUT2D eigenvalue weighted by Gasteiger charge is 2.36. The normalized spacial score (nSPS) is 20.8. The van der Waals surface area contributed by atoms with E-state index in [2.05, 4.69) is 25.3 Å². The first-order chi connectivity index (χ1) is 10.2. The quantitative estimate of drug-likeness (QED) is 0.520. The second kappa shape index (κ2) is 7.86. The Hall–Kier alpha value is -1.23. The highest BCUT2D eigenvalue weighted by atomic mass is 19.4. The molecule has 1 fully saturated rings. The van der Waals surface area contributed by atoms with E-state index in [1.807, 2.05) is 0 Å². The molecule has 0 spiro atoms. The van der Waals surface area contributed by atoms with Crippen LogP contribution in [-0.2, 0) is 4.74 Å². The van der Waals surface area contributed by atoms with E-state index < -0.39 is 11.7 Å². The van der Waals surface area contributed by atoms with E-state index in [-0.39, 0.29) is 12.4 Å². The predicted molar refractivity (Wildman–Crippen MR) is 83.5 cm³/mol. The second-order valence-corrected chi connectivity index (χ2v) is 6.32. The number of likely N-dealkylation sites (tertiary alicyclic amines) is 1. The first-order valence-corrected chi connectivity index (χ1v) is 7.61. The number of piperidine rings is 1. The molecule has 0 atom stereocenters. The summed E-state index contributed by atoms with van der Waals surface area (Å²) in [6, 6.07) is 0. The monoisotopic (exact) mass is 317 g/mol. The summed E-state index contributed by atoms with van der Waals surface area (Å²) in [4.78, 5) is 2.24. The van der Waals surface area contributed by atoms with Crippen molar-refractivity contribution in [3.8, 4) is 0 Å². The topological polar surface area (TPSA) is 12.5 Å². The number of nitrogens with zero attached hydrogens (tertiary/aromatic N) is 1. The Kier molecular flexibility index (Phi) is 6.72. The maximum absolute atomic E-state index is 13.0. The van der Waals surface area contributed by atoms with Crippen molar-refractivity contribution in [2.45, 2.75) is 39.8 Å². The van der Waals surface area contributed by atoms with Crippen LogP contribution in [-0.4, -0.2) is 37.3 Å². The fraction of sp³-hybridized carbons (Fsp3) is 0.647. The molecule has 22 heavy (non-hydrogen) atoms. The van der Waals surface area contributed by atoms with Crippen LogP contribution >= 0.6 is 0 Å². The summed E-state index contributed by atoms with van der Waals surface area (Å²) < 4.78 is 44.3. The maximum Gasteiger partial charge on any atom is 0.419 e. The summed E-state index contributed by atoms with van der Waals surface area (Å²) in [7, 11) is 0. The summed E-state index contributed by atoms with van der Waals surface area (Å²) in [5.74, 6) is -0.135. The van der Waals surface area contributed by atoms with Gasteiger partial charge in [0.1, 0.15) is 12.4 Å². The van der Waals surface area contributed by atoms with E-state index in [9.17, 15) is 13.2 Å². The van der Waals surface area contributed by atoms with Gasteiger partial charge in [0, 0.05) is 6.54 Å². The minimum atomic E-state index is -4.44. The molecule has 5 heteroatoms. The third kappa shape index (κ3) is 5.87. The molecule has 1 rings (SSSR count). The van der Waals surface area contributed by atoms with E-state index in [1.54, 1.807) is 6.92 Å². The van der Waals surface area contributed by atoms with E-state index in [1.165, 1.54) is 6.08 Å². The zero-order valence-corrected chi connectivity index (χ0v) is 13.7. The molecule has 1 saturated heterocycles. The Balaban J connectivity index is 2.51. The Labute approximate surface area is 131 Å². The molecule has 0 saturated carbocycles. The van der Waals surface area contributed by atoms with Gasteiger partial charge < -0.3 is 4.74 Å². The van der Waals surface area contributed by atoms with Gasteiger partial charge in [0.2, 0.25) is 0 Å². The lowest BCUT2D eigenvalue weighted by Crippen LogP contribution is -2.39. The molecule has 1 aliphatic rings. The van der Waals surface area contributed by atoms with Crippen molar-refractivity contribution < 1.29 is 17.9 Å². The van der Waals surface area contributed by atoms with Gasteiger partial charge in [-0.3, -0.25) is 4.90 Å². The van der Waals surface area contributed by atoms with Crippen LogP contribution in [0.2, 0.25) is 0 Å². The maximum atomic E-state index is 13.0. The Morgan fingerprint density at radius 2 is 1.86 bits per heavy atom. The summed E-state index contributed by atoms with van der Waals surface area (Å²) in [6.45, 7) is 12.2. The lowest BCUT2D eigenvalue weighted by atomic mass is 9.83. The molecule has 1 heterocycles. The molecule has 0 N–H and O–H groups in total. The van der Waals surface area contributed by atoms with Gasteiger partial charge in [-0.1, -0.05) is 26.5 Å². The number of allylic oxidation sites excluding steroid dienone is 4. The minimum absolute atomic E-state index is 0.135. The van der Waals surface area contributed by atoms with Gasteiger partial charge in [0.15, 0.2) is 0 Å². The highest BCUT2D eigenvalue weighted by molar-refractivity contribution is 5.32. The van der Waals surface area contributed by atoms with Gasteiger partial charge in [-0.2, -0.15) is 13.2 Å². The van der Waals surface area contributed by atoms with Crippen LogP contribution in [0.5, 0.6) is 0 Å². The van der Waals surface area contributed by atoms with Crippen LogP contribution in [0.15, 0.2) is 36.1 Å². The molecule has 1 aliphatic heterocycles. The Morgan fingerprint density at radius 1 is 1.27 bits per heavy atom. The number of hydrogen-bond acceptors (Lipinski definition) is 2. The number of alkyl halides is 3. The van der Waals surface area contributed by atoms with Gasteiger partial charge in [-0.05, 0) is 50.4 Å². The highest BCUT2D eigenvalue weighted by Crippen LogP contribution is 2.32. The molecule has 0 radical (unpaired) electrons. The number of ether oxygens (including phenoxy) is 1. The van der Waals surface area contributed by atoms with E-state index in [0.717, 1.165) is 38.1 Å². The molecule has 0 aliphatic carbocycles. The number of halogens is 3. The first-order valence-electron chi connectivity index (χ1n) is 7.61. The smallest absolute Gasteiger partial charge is 0.419 e. The number of hydrogen-bond donors (Lipinski definition) is 0. The van der Waals surface area contributed by atoms with Gasteiger partial charge in [-0.15, -0.1) is 0 Å². The zero-order chi connectivity index (χ0) is 16.8. The van der Waals surface area contributed by atoms with Crippen LogP contribution in [0.25, 0.3) is 0 Å². The average molecular weight is 317 g/mol. The largest absolute Gasteiger partial charge is 0.492 e. The van der Waals surface area contributed by atoms with Crippen molar-refractivity contribution in [1.29, 1.82) is 0 Å². The van der Waals surface area contributed by atoms with Crippen molar-refractivity contribution in [2.24, 2.45) is 5.41 Å². The molecular formula is C17H26F3NO. The van der Waals surface area contributed by atoms with Crippen molar-refractivity contribution in [3.05, 3.63) is 36.1 Å². The van der Waals surface area contributed by atoms with Crippen LogP contribution in [0.1, 0.15) is 33.6 Å². The van der Waals surface area contributed by atoms with Crippen molar-refractivity contribution in [3.63, 3.8) is 0 Å². The third-order valence-electron chi connectivity index (χ3n) is 3.99. The molecule has 0 aromatic carbocycles. The van der Waals surface area contributed by atoms with Gasteiger partial charge in [0.25, 0.3) is 0 Å². The molecule has 0 bridgehead atoms. The first kappa shape index (κ1) is 18.8. The summed E-state index contributed by atoms with van der Waals surface area (Å²) in [5.41, 5.74) is -0.424. The molecule has 0 unspecified atom stereocenters. The Morgan fingerprint density at radius 3 is 2.32 bits per heavy atom. The van der Waals surface area contributed by atoms with Crippen molar-refractivity contribution >= 4 is 0 Å². The van der Waals surface area contributed by atoms with E-state index >= 15 is 0 Å². The lowest BCUT2D eigenvalue weighted by Gasteiger charge is -2.36. The third-order valence-corrected chi connectivity index (χ3v) is 3.99. The van der Waals surface area contributed by atoms with E-state index in [0.29, 0.717) is 12.0 Å². The summed E-state index contributed by atoms with van der Waals surface area (Å²) in [6.07, 6.45) is 1.19. The molecule has 126 valence electrons. The fourth-order valence-corrected chi connectivity index (χ4v) is 2.42. The predicted octanol–water partition coefficient (Wildman–Crippen LogP) is 4.70. The molecule has 0 aromatic heterocycles. The van der Waals surface area contributed by atoms with Crippen molar-refractivity contribution in [1.82, 2.24) is 4.90 Å². The van der Waals surface area contributed by atoms with Gasteiger partial charge >= 0.3 is 6.18 Å². The van der Waals surface area contributed by atoms with Crippen molar-refractivity contribution in [2.75, 3.05) is 26.2 Å². The lowest BCUT2D eigenvalue weighted by molar-refractivity contribution is -0.0941. The van der Waals surface area contributed by atoms with Crippen LogP contribution in [0.3, 0.4) is 0 Å². The summed E-state index contributed by atoms with van der Waals surface area (Å²) >= 11 is 0. The standard InChI is InChI=1S/C17H26F3NO/c1-5-7-14(17(18,19)20)15(6-2)22-13-12-21-10-8-16(3,4)9-11-21/h5-7H,1,8-13H2,2-4H3/b14-7+,15-6+. The molecule has 0 aromatic rings. The zero-order valence-electron chi connectivity index (χ0n) is 13.7. The SMILES string of the molecule is C=C/C=C(\C(=C/C)OCCN1CCC(C)(C)CC1)C(F)(F)F. The average Bonchev–Trinajstić information content (AvgIpc) is 2.42.